The summed E-state index contributed by atoms with van der Waals surface area (Å²) in [6.45, 7) is 0.740. The fourth-order valence-electron chi connectivity index (χ4n) is 4.79. The molecular weight excluding hydrogens is 300 g/mol. The summed E-state index contributed by atoms with van der Waals surface area (Å²) < 4.78 is 6.37. The molecular formula is C21H30O3. The number of carboxylic acid groups (broad SMARTS) is 1. The highest BCUT2D eigenvalue weighted by molar-refractivity contribution is 5.66. The fourth-order valence-corrected chi connectivity index (χ4v) is 4.79. The Hall–Kier alpha value is -1.35. The Kier molecular flexibility index (Phi) is 6.30. The first kappa shape index (κ1) is 17.5. The number of benzene rings is 1. The van der Waals surface area contributed by atoms with Gasteiger partial charge in [0.2, 0.25) is 0 Å². The van der Waals surface area contributed by atoms with Gasteiger partial charge in [-0.05, 0) is 55.4 Å². The molecule has 4 unspecified atom stereocenters. The van der Waals surface area contributed by atoms with Gasteiger partial charge in [0, 0.05) is 6.42 Å². The van der Waals surface area contributed by atoms with Crippen molar-refractivity contribution >= 4 is 5.97 Å². The van der Waals surface area contributed by atoms with E-state index in [9.17, 15) is 4.79 Å². The van der Waals surface area contributed by atoms with Gasteiger partial charge in [-0.1, -0.05) is 49.6 Å². The van der Waals surface area contributed by atoms with Gasteiger partial charge in [-0.2, -0.15) is 0 Å². The molecule has 3 nitrogen and oxygen atoms in total. The summed E-state index contributed by atoms with van der Waals surface area (Å²) >= 11 is 0. The van der Waals surface area contributed by atoms with Crippen LogP contribution in [0.15, 0.2) is 30.3 Å². The van der Waals surface area contributed by atoms with E-state index in [-0.39, 0.29) is 0 Å². The van der Waals surface area contributed by atoms with Crippen LogP contribution in [0.3, 0.4) is 0 Å². The maximum atomic E-state index is 10.5. The molecule has 3 heteroatoms. The summed E-state index contributed by atoms with van der Waals surface area (Å²) in [6, 6.07) is 10.5. The molecule has 0 aromatic heterocycles. The third kappa shape index (κ3) is 4.60. The van der Waals surface area contributed by atoms with Gasteiger partial charge in [0.15, 0.2) is 0 Å². The molecule has 0 spiro atoms. The van der Waals surface area contributed by atoms with E-state index in [1.807, 2.05) is 6.07 Å². The minimum absolute atomic E-state index is 0.316. The number of unbranched alkanes of at least 4 members (excludes halogenated alkanes) is 3. The molecule has 2 bridgehead atoms. The van der Waals surface area contributed by atoms with E-state index in [0.717, 1.165) is 43.6 Å². The van der Waals surface area contributed by atoms with E-state index >= 15 is 0 Å². The standard InChI is InChI=1S/C21H30O3/c22-20(23)11-7-2-1-6-10-19-17-12-13-18(14-17)21(19)24-15-16-8-4-3-5-9-16/h3-5,8-9,17-19,21H,1-2,6-7,10-15H2,(H,22,23). The van der Waals surface area contributed by atoms with Crippen molar-refractivity contribution in [3.63, 3.8) is 0 Å². The Morgan fingerprint density at radius 3 is 2.58 bits per heavy atom. The zero-order chi connectivity index (χ0) is 16.8. The van der Waals surface area contributed by atoms with Gasteiger partial charge in [-0.3, -0.25) is 4.79 Å². The van der Waals surface area contributed by atoms with Gasteiger partial charge in [0.05, 0.1) is 12.7 Å². The minimum Gasteiger partial charge on any atom is -0.481 e. The number of hydrogen-bond acceptors (Lipinski definition) is 2. The number of ether oxygens (including phenoxy) is 1. The van der Waals surface area contributed by atoms with Crippen molar-refractivity contribution in [1.29, 1.82) is 0 Å². The second-order valence-electron chi connectivity index (χ2n) is 7.60. The summed E-state index contributed by atoms with van der Waals surface area (Å²) in [5.74, 6) is 1.70. The number of aliphatic carboxylic acids is 1. The summed E-state index contributed by atoms with van der Waals surface area (Å²) in [5, 5.41) is 8.69. The first-order valence-corrected chi connectivity index (χ1v) is 9.61. The first-order chi connectivity index (χ1) is 11.7. The lowest BCUT2D eigenvalue weighted by molar-refractivity contribution is -0.137. The molecule has 0 amide bonds. The van der Waals surface area contributed by atoms with Crippen LogP contribution in [-0.2, 0) is 16.1 Å². The quantitative estimate of drug-likeness (QED) is 0.611. The Labute approximate surface area is 145 Å². The van der Waals surface area contributed by atoms with Crippen molar-refractivity contribution in [3.8, 4) is 0 Å². The molecule has 0 aliphatic heterocycles. The average Bonchev–Trinajstić information content (AvgIpc) is 3.18. The van der Waals surface area contributed by atoms with Crippen molar-refractivity contribution in [2.24, 2.45) is 17.8 Å². The van der Waals surface area contributed by atoms with Crippen molar-refractivity contribution < 1.29 is 14.6 Å². The van der Waals surface area contributed by atoms with E-state index in [1.54, 1.807) is 0 Å². The topological polar surface area (TPSA) is 46.5 Å². The molecule has 0 heterocycles. The van der Waals surface area contributed by atoms with Crippen LogP contribution in [0.1, 0.15) is 63.4 Å². The van der Waals surface area contributed by atoms with Crippen molar-refractivity contribution in [1.82, 2.24) is 0 Å². The van der Waals surface area contributed by atoms with E-state index in [1.165, 1.54) is 37.7 Å². The molecule has 0 saturated heterocycles. The number of rotatable bonds is 10. The van der Waals surface area contributed by atoms with Crippen LogP contribution in [0.4, 0.5) is 0 Å². The van der Waals surface area contributed by atoms with Crippen LogP contribution in [0.2, 0.25) is 0 Å². The third-order valence-corrected chi connectivity index (χ3v) is 5.97. The molecule has 0 radical (unpaired) electrons. The monoisotopic (exact) mass is 330 g/mol. The molecule has 24 heavy (non-hydrogen) atoms. The molecule has 2 saturated carbocycles. The van der Waals surface area contributed by atoms with Gasteiger partial charge in [0.1, 0.15) is 0 Å². The fraction of sp³-hybridized carbons (Fsp3) is 0.667. The summed E-state index contributed by atoms with van der Waals surface area (Å²) in [7, 11) is 0. The van der Waals surface area contributed by atoms with Crippen LogP contribution in [0, 0.1) is 17.8 Å². The van der Waals surface area contributed by atoms with Gasteiger partial charge in [0.25, 0.3) is 0 Å². The lowest BCUT2D eigenvalue weighted by Crippen LogP contribution is -2.30. The Balaban J connectivity index is 1.42. The van der Waals surface area contributed by atoms with Crippen LogP contribution >= 0.6 is 0 Å². The number of hydrogen-bond donors (Lipinski definition) is 1. The van der Waals surface area contributed by atoms with Crippen molar-refractivity contribution in [3.05, 3.63) is 35.9 Å². The maximum Gasteiger partial charge on any atom is 0.303 e. The second kappa shape index (κ2) is 8.66. The zero-order valence-electron chi connectivity index (χ0n) is 14.5. The first-order valence-electron chi connectivity index (χ1n) is 9.61. The van der Waals surface area contributed by atoms with Gasteiger partial charge < -0.3 is 9.84 Å². The molecule has 4 atom stereocenters. The Morgan fingerprint density at radius 2 is 1.79 bits per heavy atom. The summed E-state index contributed by atoms with van der Waals surface area (Å²) in [5.41, 5.74) is 1.27. The Bertz CT molecular complexity index is 513. The number of carboxylic acids is 1. The molecule has 2 aliphatic carbocycles. The highest BCUT2D eigenvalue weighted by atomic mass is 16.5. The largest absolute Gasteiger partial charge is 0.481 e. The zero-order valence-corrected chi connectivity index (χ0v) is 14.5. The lowest BCUT2D eigenvalue weighted by Gasteiger charge is -2.31. The van der Waals surface area contributed by atoms with Crippen LogP contribution < -0.4 is 0 Å². The van der Waals surface area contributed by atoms with Crippen molar-refractivity contribution in [2.75, 3.05) is 0 Å². The minimum atomic E-state index is -0.669. The molecule has 1 aromatic rings. The van der Waals surface area contributed by atoms with Crippen LogP contribution in [0.5, 0.6) is 0 Å². The number of fused-ring (bicyclic) bond motifs is 2. The van der Waals surface area contributed by atoms with Crippen molar-refractivity contribution in [2.45, 2.75) is 70.5 Å². The molecule has 2 fully saturated rings. The van der Waals surface area contributed by atoms with Gasteiger partial charge in [-0.25, -0.2) is 0 Å². The van der Waals surface area contributed by atoms with Crippen LogP contribution in [0.25, 0.3) is 0 Å². The average molecular weight is 330 g/mol. The Morgan fingerprint density at radius 1 is 1.04 bits per heavy atom. The second-order valence-corrected chi connectivity index (χ2v) is 7.60. The molecule has 132 valence electrons. The number of carbonyl (C=O) groups is 1. The highest BCUT2D eigenvalue weighted by Gasteiger charge is 2.47. The van der Waals surface area contributed by atoms with E-state index < -0.39 is 5.97 Å². The third-order valence-electron chi connectivity index (χ3n) is 5.97. The SMILES string of the molecule is O=C(O)CCCCCCC1C2CCC(C2)C1OCc1ccccc1. The molecule has 2 aliphatic rings. The van der Waals surface area contributed by atoms with E-state index in [4.69, 9.17) is 9.84 Å². The molecule has 1 N–H and O–H groups in total. The molecule has 3 rings (SSSR count). The van der Waals surface area contributed by atoms with Gasteiger partial charge in [-0.15, -0.1) is 0 Å². The molecule has 1 aromatic carbocycles. The highest BCUT2D eigenvalue weighted by Crippen LogP contribution is 2.51. The summed E-state index contributed by atoms with van der Waals surface area (Å²) in [6.07, 6.45) is 10.4. The van der Waals surface area contributed by atoms with Gasteiger partial charge >= 0.3 is 5.97 Å². The normalized spacial score (nSPS) is 28.3. The van der Waals surface area contributed by atoms with E-state index in [0.29, 0.717) is 12.5 Å². The maximum absolute atomic E-state index is 10.5. The van der Waals surface area contributed by atoms with Crippen LogP contribution in [-0.4, -0.2) is 17.2 Å². The lowest BCUT2D eigenvalue weighted by atomic mass is 9.82. The predicted octanol–water partition coefficient (Wildman–Crippen LogP) is 5.04. The smallest absolute Gasteiger partial charge is 0.303 e. The predicted molar refractivity (Wildman–Crippen MR) is 94.7 cm³/mol. The summed E-state index contributed by atoms with van der Waals surface area (Å²) in [4.78, 5) is 10.5. The van der Waals surface area contributed by atoms with E-state index in [2.05, 4.69) is 24.3 Å².